The number of carbonyl (C=O) groups excluding carboxylic acids is 2. The van der Waals surface area contributed by atoms with Crippen LogP contribution in [0.2, 0.25) is 0 Å². The Bertz CT molecular complexity index is 1440. The van der Waals surface area contributed by atoms with E-state index in [0.29, 0.717) is 5.75 Å². The molecule has 41 heavy (non-hydrogen) atoms. The maximum absolute atomic E-state index is 14.1. The zero-order chi connectivity index (χ0) is 29.4. The highest BCUT2D eigenvalue weighted by atomic mass is 79.9. The number of sulfonamides is 1. The first-order valence-corrected chi connectivity index (χ1v) is 16.0. The SMILES string of the molecule is COc1cccc(N(CC(=O)N(Cc2cccc(Br)c2)[C@@H](C)C(=O)NC2CCCCC2)S(=O)(=O)c2ccccc2)c1. The van der Waals surface area contributed by atoms with E-state index >= 15 is 0 Å². The Kier molecular flexibility index (Phi) is 10.4. The molecule has 2 amide bonds. The number of carbonyl (C=O) groups is 2. The van der Waals surface area contributed by atoms with E-state index in [1.807, 2.05) is 24.3 Å². The molecule has 8 nitrogen and oxygen atoms in total. The van der Waals surface area contributed by atoms with Gasteiger partial charge in [-0.25, -0.2) is 8.42 Å². The molecule has 0 unspecified atom stereocenters. The van der Waals surface area contributed by atoms with E-state index in [1.165, 1.54) is 24.1 Å². The maximum atomic E-state index is 14.1. The fraction of sp³-hybridized carbons (Fsp3) is 0.355. The summed E-state index contributed by atoms with van der Waals surface area (Å²) in [6, 6.07) is 21.3. The van der Waals surface area contributed by atoms with Gasteiger partial charge in [0.05, 0.1) is 17.7 Å². The number of halogens is 1. The molecule has 0 heterocycles. The molecule has 0 bridgehead atoms. The number of anilines is 1. The van der Waals surface area contributed by atoms with Gasteiger partial charge in [-0.05, 0) is 61.7 Å². The van der Waals surface area contributed by atoms with Gasteiger partial charge in [0.25, 0.3) is 10.0 Å². The van der Waals surface area contributed by atoms with Crippen molar-refractivity contribution in [1.29, 1.82) is 0 Å². The molecule has 10 heteroatoms. The summed E-state index contributed by atoms with van der Waals surface area (Å²) < 4.78 is 35.0. The van der Waals surface area contributed by atoms with Gasteiger partial charge in [0.1, 0.15) is 18.3 Å². The molecule has 3 aromatic rings. The highest BCUT2D eigenvalue weighted by molar-refractivity contribution is 9.10. The number of benzene rings is 3. The summed E-state index contributed by atoms with van der Waals surface area (Å²) in [6.45, 7) is 1.32. The summed E-state index contributed by atoms with van der Waals surface area (Å²) in [5.74, 6) is -0.299. The predicted octanol–water partition coefficient (Wildman–Crippen LogP) is 5.52. The first kappa shape index (κ1) is 30.6. The van der Waals surface area contributed by atoms with Crippen molar-refractivity contribution >= 4 is 43.5 Å². The molecule has 0 aliphatic heterocycles. The van der Waals surface area contributed by atoms with Crippen LogP contribution >= 0.6 is 15.9 Å². The molecule has 0 aromatic heterocycles. The van der Waals surface area contributed by atoms with Gasteiger partial charge in [-0.1, -0.05) is 71.6 Å². The molecule has 1 N–H and O–H groups in total. The van der Waals surface area contributed by atoms with Crippen LogP contribution in [0.5, 0.6) is 5.75 Å². The second-order valence-corrected chi connectivity index (χ2v) is 13.0. The van der Waals surface area contributed by atoms with Gasteiger partial charge in [-0.15, -0.1) is 0 Å². The average Bonchev–Trinajstić information content (AvgIpc) is 2.99. The van der Waals surface area contributed by atoms with Gasteiger partial charge in [0.2, 0.25) is 11.8 Å². The van der Waals surface area contributed by atoms with Crippen LogP contribution in [0.15, 0.2) is 88.2 Å². The number of amides is 2. The minimum atomic E-state index is -4.13. The Morgan fingerprint density at radius 2 is 1.68 bits per heavy atom. The standard InChI is InChI=1S/C31H36BrN3O5S/c1-23(31(37)33-26-13-5-3-6-14-26)34(21-24-11-9-12-25(32)19-24)30(36)22-35(27-15-10-16-28(20-27)40-2)41(38,39)29-17-7-4-8-18-29/h4,7-12,15-20,23,26H,3,5-6,13-14,21-22H2,1-2H3,(H,33,37)/t23-/m0/s1. The lowest BCUT2D eigenvalue weighted by Gasteiger charge is -2.33. The van der Waals surface area contributed by atoms with Gasteiger partial charge in [-0.3, -0.25) is 13.9 Å². The van der Waals surface area contributed by atoms with Gasteiger partial charge >= 0.3 is 0 Å². The van der Waals surface area contributed by atoms with Crippen LogP contribution in [0.4, 0.5) is 5.69 Å². The van der Waals surface area contributed by atoms with E-state index in [4.69, 9.17) is 4.74 Å². The first-order valence-electron chi connectivity index (χ1n) is 13.7. The Morgan fingerprint density at radius 1 is 0.976 bits per heavy atom. The van der Waals surface area contributed by atoms with Crippen LogP contribution in [0.1, 0.15) is 44.6 Å². The zero-order valence-electron chi connectivity index (χ0n) is 23.3. The fourth-order valence-electron chi connectivity index (χ4n) is 5.00. The molecule has 1 atom stereocenters. The Balaban J connectivity index is 1.68. The summed E-state index contributed by atoms with van der Waals surface area (Å²) >= 11 is 3.48. The van der Waals surface area contributed by atoms with E-state index < -0.39 is 28.5 Å². The van der Waals surface area contributed by atoms with Crippen molar-refractivity contribution in [3.05, 3.63) is 88.9 Å². The van der Waals surface area contributed by atoms with Crippen LogP contribution in [-0.4, -0.2) is 50.9 Å². The second kappa shape index (κ2) is 14.0. The molecule has 0 radical (unpaired) electrons. The van der Waals surface area contributed by atoms with E-state index in [2.05, 4.69) is 21.2 Å². The third kappa shape index (κ3) is 7.89. The number of rotatable bonds is 11. The van der Waals surface area contributed by atoms with Crippen LogP contribution in [-0.2, 0) is 26.2 Å². The molecule has 0 spiro atoms. The van der Waals surface area contributed by atoms with E-state index in [0.717, 1.165) is 46.4 Å². The molecule has 1 aliphatic rings. The van der Waals surface area contributed by atoms with E-state index in [-0.39, 0.29) is 29.1 Å². The molecule has 0 saturated heterocycles. The lowest BCUT2D eigenvalue weighted by atomic mass is 9.95. The van der Waals surface area contributed by atoms with Crippen molar-refractivity contribution in [1.82, 2.24) is 10.2 Å². The first-order chi connectivity index (χ1) is 19.7. The molecule has 1 saturated carbocycles. The maximum Gasteiger partial charge on any atom is 0.264 e. The molecule has 1 fully saturated rings. The highest BCUT2D eigenvalue weighted by Gasteiger charge is 2.33. The topological polar surface area (TPSA) is 96.0 Å². The van der Waals surface area contributed by atoms with Gasteiger partial charge in [-0.2, -0.15) is 0 Å². The number of hydrogen-bond acceptors (Lipinski definition) is 5. The van der Waals surface area contributed by atoms with Crippen molar-refractivity contribution in [2.45, 2.75) is 62.6 Å². The summed E-state index contributed by atoms with van der Waals surface area (Å²) in [5.41, 5.74) is 1.09. The van der Waals surface area contributed by atoms with Crippen LogP contribution in [0, 0.1) is 0 Å². The largest absolute Gasteiger partial charge is 0.497 e. The Hall–Kier alpha value is -3.37. The molecule has 3 aromatic carbocycles. The fourth-order valence-corrected chi connectivity index (χ4v) is 6.87. The number of methoxy groups -OCH3 is 1. The highest BCUT2D eigenvalue weighted by Crippen LogP contribution is 2.28. The predicted molar refractivity (Wildman–Crippen MR) is 163 cm³/mol. The van der Waals surface area contributed by atoms with Gasteiger partial charge in [0.15, 0.2) is 0 Å². The minimum absolute atomic E-state index is 0.0530. The second-order valence-electron chi connectivity index (χ2n) is 10.2. The summed E-state index contributed by atoms with van der Waals surface area (Å²) in [4.78, 5) is 29.0. The quantitative estimate of drug-likeness (QED) is 0.297. The van der Waals surface area contributed by atoms with E-state index in [9.17, 15) is 18.0 Å². The smallest absolute Gasteiger partial charge is 0.264 e. The summed E-state index contributed by atoms with van der Waals surface area (Å²) in [5, 5.41) is 3.12. The van der Waals surface area contributed by atoms with Crippen LogP contribution in [0.25, 0.3) is 0 Å². The summed E-state index contributed by atoms with van der Waals surface area (Å²) in [6.07, 6.45) is 5.11. The monoisotopic (exact) mass is 641 g/mol. The number of nitrogens with zero attached hydrogens (tertiary/aromatic N) is 2. The molecular formula is C31H36BrN3O5S. The van der Waals surface area contributed by atoms with Crippen molar-refractivity contribution in [3.63, 3.8) is 0 Å². The van der Waals surface area contributed by atoms with Gasteiger partial charge < -0.3 is 15.0 Å². The summed E-state index contributed by atoms with van der Waals surface area (Å²) in [7, 11) is -2.64. The lowest BCUT2D eigenvalue weighted by Crippen LogP contribution is -2.53. The number of ether oxygens (including phenoxy) is 1. The average molecular weight is 643 g/mol. The van der Waals surface area contributed by atoms with Crippen molar-refractivity contribution in [3.8, 4) is 5.75 Å². The van der Waals surface area contributed by atoms with Gasteiger partial charge in [0, 0.05) is 23.1 Å². The molecule has 218 valence electrons. The third-order valence-electron chi connectivity index (χ3n) is 7.31. The normalized spacial score (nSPS) is 14.6. The van der Waals surface area contributed by atoms with Crippen molar-refractivity contribution in [2.24, 2.45) is 0 Å². The van der Waals surface area contributed by atoms with Crippen molar-refractivity contribution in [2.75, 3.05) is 18.0 Å². The Morgan fingerprint density at radius 3 is 2.37 bits per heavy atom. The Labute approximate surface area is 250 Å². The number of nitrogens with one attached hydrogen (secondary N) is 1. The van der Waals surface area contributed by atoms with E-state index in [1.54, 1.807) is 49.4 Å². The lowest BCUT2D eigenvalue weighted by molar-refractivity contribution is -0.139. The number of hydrogen-bond donors (Lipinski definition) is 1. The van der Waals surface area contributed by atoms with Crippen LogP contribution in [0.3, 0.4) is 0 Å². The minimum Gasteiger partial charge on any atom is -0.497 e. The van der Waals surface area contributed by atoms with Crippen LogP contribution < -0.4 is 14.4 Å². The molecule has 1 aliphatic carbocycles. The zero-order valence-corrected chi connectivity index (χ0v) is 25.7. The molecular weight excluding hydrogens is 606 g/mol. The third-order valence-corrected chi connectivity index (χ3v) is 9.59. The van der Waals surface area contributed by atoms with Crippen molar-refractivity contribution < 1.29 is 22.7 Å². The molecule has 4 rings (SSSR count).